The van der Waals surface area contributed by atoms with Crippen LogP contribution < -0.4 is 20.9 Å². The van der Waals surface area contributed by atoms with Gasteiger partial charge in [-0.2, -0.15) is 15.0 Å². The maximum absolute atomic E-state index is 5.38. The number of anilines is 2. The van der Waals surface area contributed by atoms with E-state index in [1.807, 2.05) is 7.05 Å². The fourth-order valence-corrected chi connectivity index (χ4v) is 2.76. The lowest BCUT2D eigenvalue weighted by molar-refractivity contribution is 0.311. The number of nitrogens with one attached hydrogen (secondary N) is 1. The molecule has 0 saturated heterocycles. The predicted octanol–water partition coefficient (Wildman–Crippen LogP) is 1.57. The number of hydrogen-bond acceptors (Lipinski definition) is 7. The lowest BCUT2D eigenvalue weighted by atomic mass is 9.84. The van der Waals surface area contributed by atoms with Gasteiger partial charge in [0.2, 0.25) is 11.9 Å². The van der Waals surface area contributed by atoms with Crippen LogP contribution in [0.2, 0.25) is 0 Å². The number of aromatic nitrogens is 3. The standard InChI is InChI=1S/C13H24N6O/c1-4-9-5-7-10(8-6-9)19(2)12-15-11(18-14)16-13(17-12)20-3/h9-10H,4-8,14H2,1-3H3,(H,15,16,17,18). The molecule has 7 heteroatoms. The first kappa shape index (κ1) is 14.8. The normalized spacial score (nSPS) is 22.4. The smallest absolute Gasteiger partial charge is 0.322 e. The molecular weight excluding hydrogens is 256 g/mol. The Morgan fingerprint density at radius 2 is 1.95 bits per heavy atom. The van der Waals surface area contributed by atoms with E-state index in [2.05, 4.69) is 32.2 Å². The number of rotatable bonds is 5. The second-order valence-corrected chi connectivity index (χ2v) is 5.28. The Labute approximate surface area is 119 Å². The monoisotopic (exact) mass is 280 g/mol. The molecule has 0 aliphatic heterocycles. The van der Waals surface area contributed by atoms with E-state index in [4.69, 9.17) is 10.6 Å². The van der Waals surface area contributed by atoms with Crippen LogP contribution in [-0.4, -0.2) is 35.2 Å². The van der Waals surface area contributed by atoms with Gasteiger partial charge in [0, 0.05) is 13.1 Å². The molecule has 1 aromatic rings. The number of nitrogens with zero attached hydrogens (tertiary/aromatic N) is 4. The molecule has 1 heterocycles. The molecule has 3 N–H and O–H groups in total. The van der Waals surface area contributed by atoms with Gasteiger partial charge < -0.3 is 9.64 Å². The molecule has 0 atom stereocenters. The molecule has 0 bridgehead atoms. The van der Waals surface area contributed by atoms with Crippen molar-refractivity contribution < 1.29 is 4.74 Å². The molecule has 1 aromatic heterocycles. The largest absolute Gasteiger partial charge is 0.467 e. The summed E-state index contributed by atoms with van der Waals surface area (Å²) in [5.41, 5.74) is 2.45. The lowest BCUT2D eigenvalue weighted by Crippen LogP contribution is -2.36. The highest BCUT2D eigenvalue weighted by Gasteiger charge is 2.25. The predicted molar refractivity (Wildman–Crippen MR) is 78.6 cm³/mol. The van der Waals surface area contributed by atoms with Gasteiger partial charge in [0.1, 0.15) is 0 Å². The maximum Gasteiger partial charge on any atom is 0.322 e. The van der Waals surface area contributed by atoms with Gasteiger partial charge in [-0.3, -0.25) is 5.43 Å². The van der Waals surface area contributed by atoms with E-state index >= 15 is 0 Å². The van der Waals surface area contributed by atoms with Crippen LogP contribution in [0.5, 0.6) is 6.01 Å². The number of nitrogen functional groups attached to an aromatic ring is 1. The van der Waals surface area contributed by atoms with E-state index < -0.39 is 0 Å². The van der Waals surface area contributed by atoms with Crippen LogP contribution in [0.4, 0.5) is 11.9 Å². The summed E-state index contributed by atoms with van der Waals surface area (Å²) in [6.45, 7) is 2.27. The summed E-state index contributed by atoms with van der Waals surface area (Å²) in [7, 11) is 3.55. The van der Waals surface area contributed by atoms with Crippen molar-refractivity contribution in [2.75, 3.05) is 24.5 Å². The van der Waals surface area contributed by atoms with E-state index in [-0.39, 0.29) is 6.01 Å². The molecule has 2 rings (SSSR count). The first-order valence-electron chi connectivity index (χ1n) is 7.17. The Morgan fingerprint density at radius 3 is 2.50 bits per heavy atom. The Bertz CT molecular complexity index is 411. The van der Waals surface area contributed by atoms with Crippen LogP contribution in [-0.2, 0) is 0 Å². The van der Waals surface area contributed by atoms with E-state index in [0.29, 0.717) is 17.9 Å². The Hall–Kier alpha value is -1.63. The average molecular weight is 280 g/mol. The summed E-state index contributed by atoms with van der Waals surface area (Å²) in [5.74, 6) is 7.17. The van der Waals surface area contributed by atoms with Crippen molar-refractivity contribution in [1.82, 2.24) is 15.0 Å². The van der Waals surface area contributed by atoms with Crippen molar-refractivity contribution in [3.05, 3.63) is 0 Å². The van der Waals surface area contributed by atoms with Gasteiger partial charge in [-0.25, -0.2) is 5.84 Å². The summed E-state index contributed by atoms with van der Waals surface area (Å²) in [6, 6.07) is 0.743. The van der Waals surface area contributed by atoms with Crippen LogP contribution in [0.3, 0.4) is 0 Å². The van der Waals surface area contributed by atoms with E-state index in [1.54, 1.807) is 0 Å². The summed E-state index contributed by atoms with van der Waals surface area (Å²) >= 11 is 0. The Morgan fingerprint density at radius 1 is 1.25 bits per heavy atom. The topological polar surface area (TPSA) is 89.2 Å². The van der Waals surface area contributed by atoms with Gasteiger partial charge in [-0.15, -0.1) is 0 Å². The van der Waals surface area contributed by atoms with E-state index in [1.165, 1.54) is 39.2 Å². The van der Waals surface area contributed by atoms with Crippen molar-refractivity contribution >= 4 is 11.9 Å². The number of hydrazine groups is 1. The highest BCUT2D eigenvalue weighted by Crippen LogP contribution is 2.30. The highest BCUT2D eigenvalue weighted by atomic mass is 16.5. The van der Waals surface area contributed by atoms with Gasteiger partial charge in [-0.05, 0) is 31.6 Å². The second-order valence-electron chi connectivity index (χ2n) is 5.28. The molecule has 1 aliphatic rings. The van der Waals surface area contributed by atoms with Crippen LogP contribution in [0, 0.1) is 5.92 Å². The zero-order valence-electron chi connectivity index (χ0n) is 12.5. The number of hydrogen-bond donors (Lipinski definition) is 2. The molecule has 1 aliphatic carbocycles. The van der Waals surface area contributed by atoms with Crippen LogP contribution in [0.15, 0.2) is 0 Å². The number of ether oxygens (including phenoxy) is 1. The minimum absolute atomic E-state index is 0.275. The second kappa shape index (κ2) is 6.69. The van der Waals surface area contributed by atoms with Gasteiger partial charge in [0.05, 0.1) is 7.11 Å². The zero-order chi connectivity index (χ0) is 14.5. The Kier molecular flexibility index (Phi) is 4.94. The first-order valence-corrected chi connectivity index (χ1v) is 7.17. The fraction of sp³-hybridized carbons (Fsp3) is 0.769. The third kappa shape index (κ3) is 3.27. The molecular formula is C13H24N6O. The van der Waals surface area contributed by atoms with Gasteiger partial charge in [0.15, 0.2) is 0 Å². The highest BCUT2D eigenvalue weighted by molar-refractivity contribution is 5.38. The first-order chi connectivity index (χ1) is 9.67. The quantitative estimate of drug-likeness (QED) is 0.625. The summed E-state index contributed by atoms with van der Waals surface area (Å²) in [4.78, 5) is 14.7. The maximum atomic E-state index is 5.38. The third-order valence-electron chi connectivity index (χ3n) is 4.17. The average Bonchev–Trinajstić information content (AvgIpc) is 2.53. The zero-order valence-corrected chi connectivity index (χ0v) is 12.5. The molecule has 0 aromatic carbocycles. The number of methoxy groups -OCH3 is 1. The molecule has 7 nitrogen and oxygen atoms in total. The third-order valence-corrected chi connectivity index (χ3v) is 4.17. The molecule has 112 valence electrons. The lowest BCUT2D eigenvalue weighted by Gasteiger charge is -2.34. The van der Waals surface area contributed by atoms with Crippen molar-refractivity contribution in [3.8, 4) is 6.01 Å². The van der Waals surface area contributed by atoms with Gasteiger partial charge in [0.25, 0.3) is 0 Å². The minimum Gasteiger partial charge on any atom is -0.467 e. The Balaban J connectivity index is 2.10. The van der Waals surface area contributed by atoms with Crippen molar-refractivity contribution in [2.24, 2.45) is 11.8 Å². The van der Waals surface area contributed by atoms with Crippen molar-refractivity contribution in [1.29, 1.82) is 0 Å². The van der Waals surface area contributed by atoms with Crippen molar-refractivity contribution in [2.45, 2.75) is 45.1 Å². The van der Waals surface area contributed by atoms with Crippen molar-refractivity contribution in [3.63, 3.8) is 0 Å². The van der Waals surface area contributed by atoms with Crippen LogP contribution in [0.1, 0.15) is 39.0 Å². The fourth-order valence-electron chi connectivity index (χ4n) is 2.76. The summed E-state index contributed by atoms with van der Waals surface area (Å²) in [6.07, 6.45) is 6.17. The molecule has 0 spiro atoms. The molecule has 20 heavy (non-hydrogen) atoms. The molecule has 1 fully saturated rings. The number of nitrogens with two attached hydrogens (primary N) is 1. The van der Waals surface area contributed by atoms with E-state index in [0.717, 1.165) is 5.92 Å². The summed E-state index contributed by atoms with van der Waals surface area (Å²) < 4.78 is 5.08. The summed E-state index contributed by atoms with van der Waals surface area (Å²) in [5, 5.41) is 0. The molecule has 1 saturated carbocycles. The molecule has 0 radical (unpaired) electrons. The van der Waals surface area contributed by atoms with Gasteiger partial charge >= 0.3 is 6.01 Å². The van der Waals surface area contributed by atoms with Crippen LogP contribution >= 0.6 is 0 Å². The molecule has 0 unspecified atom stereocenters. The molecule has 0 amide bonds. The van der Waals surface area contributed by atoms with Crippen LogP contribution in [0.25, 0.3) is 0 Å². The van der Waals surface area contributed by atoms with Gasteiger partial charge in [-0.1, -0.05) is 13.3 Å². The minimum atomic E-state index is 0.275. The van der Waals surface area contributed by atoms with E-state index in [9.17, 15) is 0 Å². The SMILES string of the molecule is CCC1CCC(N(C)c2nc(NN)nc(OC)n2)CC1.